The van der Waals surface area contributed by atoms with Crippen LogP contribution in [0.1, 0.15) is 18.0 Å². The fourth-order valence-electron chi connectivity index (χ4n) is 4.16. The molecule has 1 aliphatic heterocycles. The second-order valence-corrected chi connectivity index (χ2v) is 11.4. The molecule has 1 aliphatic rings. The molecule has 5 aromatic rings. The number of nitrogens with zero attached hydrogens (tertiary/aromatic N) is 5. The molecular weight excluding hydrogens is 557 g/mol. The van der Waals surface area contributed by atoms with E-state index in [2.05, 4.69) is 34.7 Å². The number of hydrogen-bond donors (Lipinski definition) is 1. The van der Waals surface area contributed by atoms with Crippen molar-refractivity contribution in [3.63, 3.8) is 0 Å². The first-order valence-corrected chi connectivity index (χ1v) is 13.6. The molecule has 188 valence electrons. The molecule has 1 N–H and O–H groups in total. The number of fused-ring (bicyclic) bond motifs is 2. The van der Waals surface area contributed by atoms with Crippen molar-refractivity contribution in [2.45, 2.75) is 12.5 Å². The summed E-state index contributed by atoms with van der Waals surface area (Å²) in [6.07, 6.45) is 0.539. The van der Waals surface area contributed by atoms with Gasteiger partial charge in [0.25, 0.3) is 0 Å². The number of aromatic nitrogens is 2. The van der Waals surface area contributed by atoms with Crippen LogP contribution in [0.25, 0.3) is 20.4 Å². The van der Waals surface area contributed by atoms with Gasteiger partial charge in [-0.15, -0.1) is 0 Å². The number of halogens is 4. The van der Waals surface area contributed by atoms with Crippen molar-refractivity contribution in [1.29, 1.82) is 0 Å². The first-order valence-electron chi connectivity index (χ1n) is 11.2. The highest BCUT2D eigenvalue weighted by Gasteiger charge is 2.33. The van der Waals surface area contributed by atoms with Gasteiger partial charge in [-0.1, -0.05) is 58.0 Å². The van der Waals surface area contributed by atoms with Gasteiger partial charge in [0.1, 0.15) is 17.5 Å². The van der Waals surface area contributed by atoms with E-state index in [-0.39, 0.29) is 16.1 Å². The lowest BCUT2D eigenvalue weighted by Crippen LogP contribution is -2.34. The van der Waals surface area contributed by atoms with Crippen LogP contribution in [0.3, 0.4) is 0 Å². The third-order valence-corrected chi connectivity index (χ3v) is 9.09. The van der Waals surface area contributed by atoms with E-state index in [4.69, 9.17) is 33.2 Å². The third-order valence-electron chi connectivity index (χ3n) is 6.06. The average molecular weight is 575 g/mol. The second kappa shape index (κ2) is 9.36. The number of rotatable bonds is 4. The molecule has 0 saturated carbocycles. The lowest BCUT2D eigenvalue weighted by Gasteiger charge is -2.23. The van der Waals surface area contributed by atoms with Crippen LogP contribution in [0.2, 0.25) is 10.0 Å². The molecule has 12 heteroatoms. The zero-order valence-corrected chi connectivity index (χ0v) is 22.6. The Morgan fingerprint density at radius 3 is 2.19 bits per heavy atom. The minimum absolute atomic E-state index is 0.0416. The minimum Gasteiger partial charge on any atom is -0.378 e. The van der Waals surface area contributed by atoms with Gasteiger partial charge in [0.2, 0.25) is 10.3 Å². The highest BCUT2D eigenvalue weighted by molar-refractivity contribution is 7.23. The van der Waals surface area contributed by atoms with Crippen LogP contribution in [-0.2, 0) is 0 Å². The summed E-state index contributed by atoms with van der Waals surface area (Å²) >= 11 is 14.9. The maximum Gasteiger partial charge on any atom is 0.212 e. The molecule has 0 amide bonds. The van der Waals surface area contributed by atoms with Crippen LogP contribution in [0.15, 0.2) is 53.5 Å². The van der Waals surface area contributed by atoms with Gasteiger partial charge in [-0.25, -0.2) is 23.7 Å². The number of aliphatic imine (C=N–C) groups is 1. The maximum absolute atomic E-state index is 14.1. The van der Waals surface area contributed by atoms with Crippen LogP contribution >= 0.6 is 45.9 Å². The number of hydrazine groups is 1. The van der Waals surface area contributed by atoms with Gasteiger partial charge in [0, 0.05) is 26.2 Å². The zero-order chi connectivity index (χ0) is 25.8. The molecule has 2 aromatic heterocycles. The van der Waals surface area contributed by atoms with Gasteiger partial charge in [-0.05, 0) is 42.0 Å². The summed E-state index contributed by atoms with van der Waals surface area (Å²) < 4.78 is 29.1. The van der Waals surface area contributed by atoms with Crippen LogP contribution in [0.4, 0.5) is 24.7 Å². The number of anilines is 2. The van der Waals surface area contributed by atoms with E-state index in [9.17, 15) is 8.78 Å². The highest BCUT2D eigenvalue weighted by Crippen LogP contribution is 2.41. The lowest BCUT2D eigenvalue weighted by molar-refractivity contribution is 0.630. The average Bonchev–Trinajstić information content (AvgIpc) is 3.61. The molecule has 37 heavy (non-hydrogen) atoms. The maximum atomic E-state index is 14.1. The van der Waals surface area contributed by atoms with Crippen LogP contribution < -0.4 is 15.3 Å². The van der Waals surface area contributed by atoms with E-state index >= 15 is 0 Å². The van der Waals surface area contributed by atoms with Crippen molar-refractivity contribution >= 4 is 88.1 Å². The molecule has 1 unspecified atom stereocenters. The highest BCUT2D eigenvalue weighted by atomic mass is 35.5. The van der Waals surface area contributed by atoms with Gasteiger partial charge < -0.3 is 4.90 Å². The molecule has 0 radical (unpaired) electrons. The fraction of sp³-hybridized carbons (Fsp3) is 0.160. The summed E-state index contributed by atoms with van der Waals surface area (Å²) in [4.78, 5) is 16.0. The molecule has 3 aromatic carbocycles. The minimum atomic E-state index is -0.491. The Balaban J connectivity index is 1.41. The second-order valence-electron chi connectivity index (χ2n) is 8.66. The third kappa shape index (κ3) is 4.37. The first-order chi connectivity index (χ1) is 17.8. The molecule has 1 atom stereocenters. The molecule has 0 spiro atoms. The van der Waals surface area contributed by atoms with Gasteiger partial charge in [-0.3, -0.25) is 10.4 Å². The predicted octanol–water partition coefficient (Wildman–Crippen LogP) is 7.74. The molecule has 0 bridgehead atoms. The number of hydrogen-bond acceptors (Lipinski definition) is 7. The Labute approximate surface area is 228 Å². The zero-order valence-electron chi connectivity index (χ0n) is 19.5. The van der Waals surface area contributed by atoms with Gasteiger partial charge in [0.15, 0.2) is 0 Å². The van der Waals surface area contributed by atoms with Crippen LogP contribution in [-0.4, -0.2) is 29.9 Å². The smallest absolute Gasteiger partial charge is 0.212 e. The molecule has 1 fully saturated rings. The SMILES string of the molecule is CN(C)c1ccc(C2C/C(=N\c3nc4ccc(F)c(Cl)c4s3)NN2c2nc3ccc(F)c(Cl)c3s2)cc1. The normalized spacial score (nSPS) is 16.8. The van der Waals surface area contributed by atoms with E-state index in [0.29, 0.717) is 43.0 Å². The Morgan fingerprint density at radius 2 is 1.54 bits per heavy atom. The number of benzene rings is 3. The Kier molecular flexibility index (Phi) is 6.15. The lowest BCUT2D eigenvalue weighted by atomic mass is 10.0. The van der Waals surface area contributed by atoms with Crippen molar-refractivity contribution in [1.82, 2.24) is 15.4 Å². The summed E-state index contributed by atoms with van der Waals surface area (Å²) in [6, 6.07) is 13.9. The standard InChI is InChI=1S/C25H18Cl2F2N6S2/c1-34(2)13-5-3-12(4-6-13)18-11-19(32-24-30-16-9-7-14(28)20(26)22(16)36-24)33-35(18)25-31-17-10-8-15(29)21(27)23(17)37-25/h3-10,18H,11H2,1-2H3,(H,30,32,33). The summed E-state index contributed by atoms with van der Waals surface area (Å²) in [7, 11) is 3.98. The summed E-state index contributed by atoms with van der Waals surface area (Å²) in [5, 5.41) is 3.11. The molecule has 6 nitrogen and oxygen atoms in total. The Morgan fingerprint density at radius 1 is 0.919 bits per heavy atom. The summed E-state index contributed by atoms with van der Waals surface area (Å²) in [5.41, 5.74) is 6.68. The van der Waals surface area contributed by atoms with Crippen LogP contribution in [0.5, 0.6) is 0 Å². The Hall–Kier alpha value is -3.05. The first kappa shape index (κ1) is 24.3. The molecular formula is C25H18Cl2F2N6S2. The van der Waals surface area contributed by atoms with E-state index in [1.165, 1.54) is 34.8 Å². The van der Waals surface area contributed by atoms with Crippen LogP contribution in [0, 0.1) is 11.6 Å². The van der Waals surface area contributed by atoms with Crippen molar-refractivity contribution in [3.8, 4) is 0 Å². The largest absolute Gasteiger partial charge is 0.378 e. The van der Waals surface area contributed by atoms with Gasteiger partial charge in [0.05, 0.1) is 36.5 Å². The van der Waals surface area contributed by atoms with E-state index in [1.54, 1.807) is 12.1 Å². The van der Waals surface area contributed by atoms with Crippen molar-refractivity contribution in [2.24, 2.45) is 4.99 Å². The monoisotopic (exact) mass is 574 g/mol. The van der Waals surface area contributed by atoms with E-state index < -0.39 is 11.6 Å². The Bertz CT molecular complexity index is 1680. The number of nitrogens with one attached hydrogen (secondary N) is 1. The quantitative estimate of drug-likeness (QED) is 0.238. The van der Waals surface area contributed by atoms with Gasteiger partial charge in [-0.2, -0.15) is 0 Å². The topological polar surface area (TPSA) is 56.7 Å². The van der Waals surface area contributed by atoms with Crippen molar-refractivity contribution in [2.75, 3.05) is 24.0 Å². The van der Waals surface area contributed by atoms with E-state index in [0.717, 1.165) is 11.3 Å². The van der Waals surface area contributed by atoms with Crippen molar-refractivity contribution < 1.29 is 8.78 Å². The number of amidine groups is 1. The molecule has 0 aliphatic carbocycles. The number of thiazole rings is 2. The fourth-order valence-corrected chi connectivity index (χ4v) is 6.61. The van der Waals surface area contributed by atoms with Gasteiger partial charge >= 0.3 is 0 Å². The molecule has 1 saturated heterocycles. The molecule has 6 rings (SSSR count). The predicted molar refractivity (Wildman–Crippen MR) is 150 cm³/mol. The van der Waals surface area contributed by atoms with E-state index in [1.807, 2.05) is 24.0 Å². The summed E-state index contributed by atoms with van der Waals surface area (Å²) in [6.45, 7) is 0. The molecule has 3 heterocycles. The summed E-state index contributed by atoms with van der Waals surface area (Å²) in [5.74, 6) is -0.314. The van der Waals surface area contributed by atoms with Crippen molar-refractivity contribution in [3.05, 3.63) is 75.8 Å².